The monoisotopic (exact) mass is 585 g/mol. The van der Waals surface area contributed by atoms with E-state index in [9.17, 15) is 18.9 Å². The van der Waals surface area contributed by atoms with Crippen molar-refractivity contribution in [3.05, 3.63) is 48.7 Å². The van der Waals surface area contributed by atoms with Gasteiger partial charge in [-0.05, 0) is 39.8 Å². The fraction of sp³-hybridized carbons (Fsp3) is 0.458. The molecule has 3 aromatic rings. The van der Waals surface area contributed by atoms with Gasteiger partial charge in [-0.1, -0.05) is 18.2 Å². The molecule has 12 nitrogen and oxygen atoms in total. The Labute approximate surface area is 229 Å². The lowest BCUT2D eigenvalue weighted by Crippen LogP contribution is -2.40. The summed E-state index contributed by atoms with van der Waals surface area (Å²) in [5.41, 5.74) is 5.92. The predicted molar refractivity (Wildman–Crippen MR) is 141 cm³/mol. The lowest BCUT2D eigenvalue weighted by Gasteiger charge is -2.26. The minimum Gasteiger partial charge on any atom is -0.462 e. The Kier molecular flexibility index (Phi) is 8.50. The number of nitrogens with two attached hydrogens (primary N) is 1. The number of alkyl halides is 1. The third kappa shape index (κ3) is 6.19. The number of aliphatic hydroxyl groups excluding tert-OH is 1. The zero-order valence-corrected chi connectivity index (χ0v) is 23.3. The van der Waals surface area contributed by atoms with Gasteiger partial charge in [-0.2, -0.15) is 5.09 Å². The van der Waals surface area contributed by atoms with E-state index >= 15 is 0 Å². The third-order valence-electron chi connectivity index (χ3n) is 6.00. The van der Waals surface area contributed by atoms with E-state index in [1.807, 2.05) is 0 Å². The van der Waals surface area contributed by atoms with Crippen LogP contribution in [0.2, 0.25) is 0 Å². The van der Waals surface area contributed by atoms with Crippen LogP contribution in [0.25, 0.3) is 11.0 Å². The van der Waals surface area contributed by atoms with E-state index in [4.69, 9.17) is 35.9 Å². The highest BCUT2D eigenvalue weighted by Crippen LogP contribution is 2.49. The molecule has 1 fully saturated rings. The van der Waals surface area contributed by atoms with Crippen LogP contribution in [0.15, 0.2) is 42.9 Å². The summed E-state index contributed by atoms with van der Waals surface area (Å²) in [5.74, 6) is -1.22. The van der Waals surface area contributed by atoms with Crippen LogP contribution in [0.3, 0.4) is 0 Å². The first-order chi connectivity index (χ1) is 18.3. The number of carbonyl (C=O) groups is 1. The SMILES string of the molecule is CC(C)OC(=O)[C@H](C)N[P@@](=O)(OC[C@H]1O[C@@H](n2cc(F)c3c(N)ncnc32)[C@](C)(Cl)[C@@H]1O)Oc1ccccc1. The van der Waals surface area contributed by atoms with Gasteiger partial charge in [-0.15, -0.1) is 11.6 Å². The van der Waals surface area contributed by atoms with Crippen molar-refractivity contribution in [3.63, 3.8) is 0 Å². The van der Waals surface area contributed by atoms with Gasteiger partial charge in [0.2, 0.25) is 0 Å². The van der Waals surface area contributed by atoms with Gasteiger partial charge in [0.25, 0.3) is 0 Å². The van der Waals surface area contributed by atoms with Crippen LogP contribution in [0, 0.1) is 5.82 Å². The Hall–Kier alpha value is -2.80. The highest BCUT2D eigenvalue weighted by Gasteiger charge is 2.54. The molecule has 1 aliphatic rings. The van der Waals surface area contributed by atoms with Crippen LogP contribution in [-0.2, 0) is 23.4 Å². The number of nitrogen functional groups attached to an aromatic ring is 1. The number of aromatic nitrogens is 3. The minimum absolute atomic E-state index is 0.0185. The molecule has 1 aromatic carbocycles. The summed E-state index contributed by atoms with van der Waals surface area (Å²) >= 11 is 6.69. The van der Waals surface area contributed by atoms with E-state index in [1.165, 1.54) is 24.7 Å². The normalized spacial score (nSPS) is 25.5. The lowest BCUT2D eigenvalue weighted by atomic mass is 10.0. The fourth-order valence-electron chi connectivity index (χ4n) is 4.10. The second kappa shape index (κ2) is 11.4. The highest BCUT2D eigenvalue weighted by atomic mass is 35.5. The maximum absolute atomic E-state index is 14.7. The van der Waals surface area contributed by atoms with Gasteiger partial charge < -0.3 is 29.4 Å². The number of hydrogen-bond donors (Lipinski definition) is 3. The van der Waals surface area contributed by atoms with Crippen LogP contribution < -0.4 is 15.3 Å². The molecule has 15 heteroatoms. The number of aliphatic hydroxyl groups is 1. The van der Waals surface area contributed by atoms with E-state index in [-0.39, 0.29) is 22.6 Å². The predicted octanol–water partition coefficient (Wildman–Crippen LogP) is 3.54. The second-order valence-corrected chi connectivity index (χ2v) is 12.0. The largest absolute Gasteiger partial charge is 0.462 e. The molecule has 0 unspecified atom stereocenters. The molecule has 1 aliphatic heterocycles. The Morgan fingerprint density at radius 1 is 1.33 bits per heavy atom. The molecule has 39 heavy (non-hydrogen) atoms. The van der Waals surface area contributed by atoms with Gasteiger partial charge in [0.05, 0.1) is 18.1 Å². The molecule has 4 rings (SSSR count). The van der Waals surface area contributed by atoms with Crippen molar-refractivity contribution >= 4 is 42.2 Å². The summed E-state index contributed by atoms with van der Waals surface area (Å²) in [6, 6.07) is 7.12. The summed E-state index contributed by atoms with van der Waals surface area (Å²) in [4.78, 5) is 18.8. The number of hydrogen-bond acceptors (Lipinski definition) is 10. The van der Waals surface area contributed by atoms with Crippen LogP contribution in [0.5, 0.6) is 5.75 Å². The number of carbonyl (C=O) groups excluding carboxylic acids is 1. The number of nitrogens with zero attached hydrogens (tertiary/aromatic N) is 3. The van der Waals surface area contributed by atoms with E-state index in [2.05, 4.69) is 15.1 Å². The Balaban J connectivity index is 1.56. The van der Waals surface area contributed by atoms with E-state index in [1.54, 1.807) is 44.2 Å². The second-order valence-electron chi connectivity index (χ2n) is 9.50. The van der Waals surface area contributed by atoms with Gasteiger partial charge in [-0.25, -0.2) is 18.9 Å². The molecule has 0 radical (unpaired) electrons. The molecule has 0 aliphatic carbocycles. The van der Waals surface area contributed by atoms with Crippen molar-refractivity contribution in [1.82, 2.24) is 19.6 Å². The smallest absolute Gasteiger partial charge is 0.459 e. The molecule has 6 atom stereocenters. The van der Waals surface area contributed by atoms with Gasteiger partial charge in [0.15, 0.2) is 17.7 Å². The summed E-state index contributed by atoms with van der Waals surface area (Å²) in [7, 11) is -4.24. The van der Waals surface area contributed by atoms with Crippen molar-refractivity contribution in [2.45, 2.75) is 63.2 Å². The standard InChI is InChI=1S/C24H30ClFN5O7P/c1-13(2)36-22(33)14(3)30-39(34,38-15-8-6-5-7-9-15)35-11-17-19(32)24(4,25)23(37-17)31-10-16(26)18-20(27)28-12-29-21(18)31/h5-10,12-14,17,19,23,32H,11H2,1-4H3,(H,30,34)(H2,27,28,29)/t14-,17+,19+,23+,24+,39+/m0/s1. The minimum atomic E-state index is -4.24. The number of halogens is 2. The maximum atomic E-state index is 14.7. The average Bonchev–Trinajstić information content (AvgIpc) is 3.31. The molecule has 3 heterocycles. The number of rotatable bonds is 10. The molecule has 4 N–H and O–H groups in total. The number of anilines is 1. The molecule has 2 aromatic heterocycles. The first kappa shape index (κ1) is 29.2. The van der Waals surface area contributed by atoms with E-state index < -0.39 is 61.6 Å². The molecule has 1 saturated heterocycles. The summed E-state index contributed by atoms with van der Waals surface area (Å²) < 4.78 is 52.2. The van der Waals surface area contributed by atoms with Crippen molar-refractivity contribution in [3.8, 4) is 5.75 Å². The zero-order chi connectivity index (χ0) is 28.5. The fourth-order valence-corrected chi connectivity index (χ4v) is 5.90. The summed E-state index contributed by atoms with van der Waals surface area (Å²) in [6.45, 7) is 5.84. The Morgan fingerprint density at radius 3 is 2.69 bits per heavy atom. The number of ether oxygens (including phenoxy) is 2. The van der Waals surface area contributed by atoms with Crippen LogP contribution in [0.1, 0.15) is 33.9 Å². The van der Waals surface area contributed by atoms with Gasteiger partial charge in [0, 0.05) is 6.20 Å². The first-order valence-electron chi connectivity index (χ1n) is 12.1. The number of fused-ring (bicyclic) bond motifs is 1. The van der Waals surface area contributed by atoms with Crippen LogP contribution in [0.4, 0.5) is 10.2 Å². The average molecular weight is 586 g/mol. The van der Waals surface area contributed by atoms with E-state index in [0.29, 0.717) is 0 Å². The van der Waals surface area contributed by atoms with Crippen molar-refractivity contribution < 1.29 is 37.4 Å². The highest BCUT2D eigenvalue weighted by molar-refractivity contribution is 7.52. The molecule has 212 valence electrons. The van der Waals surface area contributed by atoms with Gasteiger partial charge in [0.1, 0.15) is 41.0 Å². The third-order valence-corrected chi connectivity index (χ3v) is 8.05. The van der Waals surface area contributed by atoms with Crippen molar-refractivity contribution in [2.24, 2.45) is 0 Å². The number of nitrogens with one attached hydrogen (secondary N) is 1. The van der Waals surface area contributed by atoms with Crippen LogP contribution >= 0.6 is 19.3 Å². The molecule has 0 saturated carbocycles. The van der Waals surface area contributed by atoms with Crippen molar-refractivity contribution in [1.29, 1.82) is 0 Å². The number of esters is 1. The summed E-state index contributed by atoms with van der Waals surface area (Å²) in [6.07, 6.45) is -1.75. The molecular weight excluding hydrogens is 556 g/mol. The van der Waals surface area contributed by atoms with Crippen LogP contribution in [-0.4, -0.2) is 61.4 Å². The topological polar surface area (TPSA) is 160 Å². The summed E-state index contributed by atoms with van der Waals surface area (Å²) in [5, 5.41) is 13.6. The maximum Gasteiger partial charge on any atom is 0.459 e. The van der Waals surface area contributed by atoms with Crippen molar-refractivity contribution in [2.75, 3.05) is 12.3 Å². The van der Waals surface area contributed by atoms with Gasteiger partial charge in [-0.3, -0.25) is 9.32 Å². The lowest BCUT2D eigenvalue weighted by molar-refractivity contribution is -0.149. The molecule has 0 bridgehead atoms. The van der Waals surface area contributed by atoms with Gasteiger partial charge >= 0.3 is 13.7 Å². The quantitative estimate of drug-likeness (QED) is 0.181. The Bertz CT molecular complexity index is 1380. The zero-order valence-electron chi connectivity index (χ0n) is 21.7. The Morgan fingerprint density at radius 2 is 2.03 bits per heavy atom. The first-order valence-corrected chi connectivity index (χ1v) is 14.0. The van der Waals surface area contributed by atoms with E-state index in [0.717, 1.165) is 6.20 Å². The molecular formula is C24H30ClFN5O7P. The molecule has 0 amide bonds. The molecule has 0 spiro atoms. The number of para-hydroxylation sites is 1. The number of benzene rings is 1.